The zero-order valence-electron chi connectivity index (χ0n) is 6.49. The highest BCUT2D eigenvalue weighted by Gasteiger charge is 2.21. The molecule has 1 fully saturated rings. The molecule has 2 rings (SSSR count). The Balaban J connectivity index is 2.08. The first-order chi connectivity index (χ1) is 5.36. The standard InChI is InChI=1S/C6H11N5/c1-5-2-3-11(4-5)6-7-9-10-8-6/h5H,2-4H2,1H3,(H,7,8,9,10)/t5-/m0/s1. The molecule has 0 aromatic carbocycles. The molecule has 0 amide bonds. The Morgan fingerprint density at radius 2 is 2.55 bits per heavy atom. The van der Waals surface area contributed by atoms with Crippen LogP contribution in [0.5, 0.6) is 0 Å². The highest BCUT2D eigenvalue weighted by molar-refractivity contribution is 5.27. The third kappa shape index (κ3) is 1.18. The van der Waals surface area contributed by atoms with E-state index in [1.807, 2.05) is 0 Å². The number of H-pyrrole nitrogens is 1. The van der Waals surface area contributed by atoms with E-state index < -0.39 is 0 Å². The molecule has 60 valence electrons. The summed E-state index contributed by atoms with van der Waals surface area (Å²) < 4.78 is 0. The third-order valence-corrected chi connectivity index (χ3v) is 2.04. The number of nitrogens with one attached hydrogen (secondary N) is 1. The van der Waals surface area contributed by atoms with Crippen LogP contribution in [0.1, 0.15) is 13.3 Å². The summed E-state index contributed by atoms with van der Waals surface area (Å²) in [6.07, 6.45) is 1.23. The molecule has 11 heavy (non-hydrogen) atoms. The normalized spacial score (nSPS) is 24.5. The molecule has 0 unspecified atom stereocenters. The van der Waals surface area contributed by atoms with Crippen LogP contribution in [0.4, 0.5) is 5.95 Å². The summed E-state index contributed by atoms with van der Waals surface area (Å²) >= 11 is 0. The quantitative estimate of drug-likeness (QED) is 0.619. The Morgan fingerprint density at radius 1 is 1.64 bits per heavy atom. The van der Waals surface area contributed by atoms with Gasteiger partial charge in [-0.2, -0.15) is 5.21 Å². The maximum absolute atomic E-state index is 3.91. The van der Waals surface area contributed by atoms with Crippen LogP contribution in [-0.4, -0.2) is 33.7 Å². The number of rotatable bonds is 1. The third-order valence-electron chi connectivity index (χ3n) is 2.04. The zero-order chi connectivity index (χ0) is 7.68. The number of anilines is 1. The minimum absolute atomic E-state index is 0.731. The zero-order valence-corrected chi connectivity index (χ0v) is 6.49. The van der Waals surface area contributed by atoms with E-state index in [2.05, 4.69) is 32.4 Å². The molecule has 1 aromatic rings. The minimum Gasteiger partial charge on any atom is -0.338 e. The SMILES string of the molecule is C[C@H]1CCN(c2nn[nH]n2)C1. The summed E-state index contributed by atoms with van der Waals surface area (Å²) in [4.78, 5) is 2.15. The largest absolute Gasteiger partial charge is 0.338 e. The first-order valence-electron chi connectivity index (χ1n) is 3.84. The molecule has 1 aliphatic heterocycles. The van der Waals surface area contributed by atoms with Crippen molar-refractivity contribution in [2.75, 3.05) is 18.0 Å². The Bertz CT molecular complexity index is 219. The lowest BCUT2D eigenvalue weighted by atomic mass is 10.2. The summed E-state index contributed by atoms with van der Waals surface area (Å²) in [6, 6.07) is 0. The summed E-state index contributed by atoms with van der Waals surface area (Å²) in [6.45, 7) is 4.35. The van der Waals surface area contributed by atoms with Crippen molar-refractivity contribution in [2.45, 2.75) is 13.3 Å². The lowest BCUT2D eigenvalue weighted by Gasteiger charge is -2.10. The summed E-state index contributed by atoms with van der Waals surface area (Å²) in [7, 11) is 0. The molecule has 0 bridgehead atoms. The Kier molecular flexibility index (Phi) is 1.48. The Morgan fingerprint density at radius 3 is 3.09 bits per heavy atom. The maximum atomic E-state index is 3.91. The predicted molar refractivity (Wildman–Crippen MR) is 40.2 cm³/mol. The van der Waals surface area contributed by atoms with Crippen LogP contribution >= 0.6 is 0 Å². The van der Waals surface area contributed by atoms with Crippen LogP contribution < -0.4 is 4.90 Å². The van der Waals surface area contributed by atoms with Crippen LogP contribution in [0, 0.1) is 5.92 Å². The second kappa shape index (κ2) is 2.48. The van der Waals surface area contributed by atoms with Gasteiger partial charge in [-0.15, -0.1) is 5.10 Å². The van der Waals surface area contributed by atoms with E-state index in [-0.39, 0.29) is 0 Å². The van der Waals surface area contributed by atoms with Crippen molar-refractivity contribution in [1.82, 2.24) is 20.6 Å². The Hall–Kier alpha value is -1.13. The van der Waals surface area contributed by atoms with Crippen LogP contribution in [0.2, 0.25) is 0 Å². The molecular weight excluding hydrogens is 142 g/mol. The number of aromatic amines is 1. The second-order valence-corrected chi connectivity index (χ2v) is 3.05. The maximum Gasteiger partial charge on any atom is 0.265 e. The van der Waals surface area contributed by atoms with Gasteiger partial charge in [0.1, 0.15) is 0 Å². The van der Waals surface area contributed by atoms with E-state index in [1.165, 1.54) is 6.42 Å². The van der Waals surface area contributed by atoms with Gasteiger partial charge in [0.2, 0.25) is 0 Å². The lowest BCUT2D eigenvalue weighted by molar-refractivity contribution is 0.658. The molecular formula is C6H11N5. The fourth-order valence-electron chi connectivity index (χ4n) is 1.41. The van der Waals surface area contributed by atoms with E-state index in [0.29, 0.717) is 0 Å². The van der Waals surface area contributed by atoms with Gasteiger partial charge in [0.05, 0.1) is 0 Å². The lowest BCUT2D eigenvalue weighted by Crippen LogP contribution is -2.20. The number of hydrogen-bond acceptors (Lipinski definition) is 4. The first-order valence-corrected chi connectivity index (χ1v) is 3.84. The van der Waals surface area contributed by atoms with Crippen LogP contribution in [0.25, 0.3) is 0 Å². The molecule has 0 spiro atoms. The van der Waals surface area contributed by atoms with Gasteiger partial charge in [-0.25, -0.2) is 0 Å². The Labute approximate surface area is 64.8 Å². The van der Waals surface area contributed by atoms with Gasteiger partial charge in [0.25, 0.3) is 5.95 Å². The molecule has 1 saturated heterocycles. The summed E-state index contributed by atoms with van der Waals surface area (Å²) in [5.41, 5.74) is 0. The van der Waals surface area contributed by atoms with Crippen LogP contribution in [-0.2, 0) is 0 Å². The van der Waals surface area contributed by atoms with E-state index in [9.17, 15) is 0 Å². The van der Waals surface area contributed by atoms with Gasteiger partial charge in [0.15, 0.2) is 0 Å². The molecule has 1 atom stereocenters. The fourth-order valence-corrected chi connectivity index (χ4v) is 1.41. The fraction of sp³-hybridized carbons (Fsp3) is 0.833. The minimum atomic E-state index is 0.731. The number of tetrazole rings is 1. The summed E-state index contributed by atoms with van der Waals surface area (Å²) in [5.74, 6) is 1.49. The molecule has 1 N–H and O–H groups in total. The van der Waals surface area contributed by atoms with Gasteiger partial charge in [-0.05, 0) is 17.6 Å². The number of hydrogen-bond donors (Lipinski definition) is 1. The number of nitrogens with zero attached hydrogens (tertiary/aromatic N) is 4. The van der Waals surface area contributed by atoms with Gasteiger partial charge in [-0.3, -0.25) is 0 Å². The molecule has 5 heteroatoms. The topological polar surface area (TPSA) is 57.7 Å². The summed E-state index contributed by atoms with van der Waals surface area (Å²) in [5, 5.41) is 13.8. The van der Waals surface area contributed by atoms with E-state index in [0.717, 1.165) is 25.0 Å². The molecule has 1 aliphatic rings. The molecule has 2 heterocycles. The van der Waals surface area contributed by atoms with Crippen molar-refractivity contribution in [3.05, 3.63) is 0 Å². The van der Waals surface area contributed by atoms with Gasteiger partial charge in [0, 0.05) is 13.1 Å². The highest BCUT2D eigenvalue weighted by atomic mass is 15.5. The highest BCUT2D eigenvalue weighted by Crippen LogP contribution is 2.18. The molecule has 1 aromatic heterocycles. The van der Waals surface area contributed by atoms with Crippen molar-refractivity contribution >= 4 is 5.95 Å². The van der Waals surface area contributed by atoms with Crippen LogP contribution in [0.15, 0.2) is 0 Å². The van der Waals surface area contributed by atoms with Crippen molar-refractivity contribution in [2.24, 2.45) is 5.92 Å². The van der Waals surface area contributed by atoms with Gasteiger partial charge in [-0.1, -0.05) is 12.0 Å². The second-order valence-electron chi connectivity index (χ2n) is 3.05. The van der Waals surface area contributed by atoms with Crippen molar-refractivity contribution in [1.29, 1.82) is 0 Å². The van der Waals surface area contributed by atoms with Crippen molar-refractivity contribution in [3.63, 3.8) is 0 Å². The van der Waals surface area contributed by atoms with Crippen molar-refractivity contribution in [3.8, 4) is 0 Å². The average molecular weight is 153 g/mol. The van der Waals surface area contributed by atoms with E-state index >= 15 is 0 Å². The van der Waals surface area contributed by atoms with Gasteiger partial charge < -0.3 is 4.90 Å². The van der Waals surface area contributed by atoms with Crippen LogP contribution in [0.3, 0.4) is 0 Å². The molecule has 5 nitrogen and oxygen atoms in total. The molecule has 0 saturated carbocycles. The van der Waals surface area contributed by atoms with E-state index in [1.54, 1.807) is 0 Å². The number of aromatic nitrogens is 4. The molecule has 0 aliphatic carbocycles. The smallest absolute Gasteiger partial charge is 0.265 e. The van der Waals surface area contributed by atoms with Gasteiger partial charge >= 0.3 is 0 Å². The average Bonchev–Trinajstić information content (AvgIpc) is 2.55. The first kappa shape index (κ1) is 6.57. The monoisotopic (exact) mass is 153 g/mol. The van der Waals surface area contributed by atoms with E-state index in [4.69, 9.17) is 0 Å². The molecule has 0 radical (unpaired) electrons. The predicted octanol–water partition coefficient (Wildman–Crippen LogP) is 0.0459. The van der Waals surface area contributed by atoms with Crippen molar-refractivity contribution < 1.29 is 0 Å².